The molecule has 0 saturated carbocycles. The number of hydrogen-bond acceptors (Lipinski definition) is 4. The molecule has 126 valence electrons. The molecule has 0 atom stereocenters. The molecule has 0 spiro atoms. The second kappa shape index (κ2) is 7.96. The summed E-state index contributed by atoms with van der Waals surface area (Å²) in [4.78, 5) is 20.5. The number of halogens is 2. The van der Waals surface area contributed by atoms with Crippen LogP contribution in [0.3, 0.4) is 0 Å². The first-order chi connectivity index (χ1) is 12.1. The zero-order chi connectivity index (χ0) is 17.6. The number of carbonyl (C=O) groups excluding carboxylic acids is 1. The Balaban J connectivity index is 1.69. The average Bonchev–Trinajstić information content (AvgIpc) is 2.63. The van der Waals surface area contributed by atoms with Crippen molar-refractivity contribution in [1.82, 2.24) is 9.97 Å². The summed E-state index contributed by atoms with van der Waals surface area (Å²) in [6.45, 7) is 0.622. The molecule has 0 fully saturated rings. The minimum atomic E-state index is -0.350. The minimum absolute atomic E-state index is 0.283. The van der Waals surface area contributed by atoms with Gasteiger partial charge in [-0.05, 0) is 48.0 Å². The van der Waals surface area contributed by atoms with Gasteiger partial charge in [-0.2, -0.15) is 0 Å². The average molecular weight is 373 g/mol. The molecule has 1 aromatic carbocycles. The Morgan fingerprint density at radius 1 is 1.00 bits per heavy atom. The standard InChI is InChI=1S/C18H14Cl2N4O/c19-13-1-2-16(15(20)9-13)24-18(25)17-10-14(5-8-22-17)23-11-12-3-6-21-7-4-12/h1-10H,11H2,(H,22,23)(H,24,25). The number of nitrogens with one attached hydrogen (secondary N) is 2. The van der Waals surface area contributed by atoms with Crippen LogP contribution < -0.4 is 10.6 Å². The third kappa shape index (κ3) is 4.68. The molecule has 3 aromatic rings. The number of pyridine rings is 2. The highest BCUT2D eigenvalue weighted by atomic mass is 35.5. The van der Waals surface area contributed by atoms with Gasteiger partial charge in [-0.1, -0.05) is 23.2 Å². The molecule has 2 aromatic heterocycles. The Hall–Kier alpha value is -2.63. The van der Waals surface area contributed by atoms with Crippen molar-refractivity contribution < 1.29 is 4.79 Å². The SMILES string of the molecule is O=C(Nc1ccc(Cl)cc1Cl)c1cc(NCc2ccncc2)ccn1. The van der Waals surface area contributed by atoms with Gasteiger partial charge in [0.15, 0.2) is 0 Å². The Labute approximate surface area is 155 Å². The number of aromatic nitrogens is 2. The topological polar surface area (TPSA) is 66.9 Å². The van der Waals surface area contributed by atoms with Crippen LogP contribution in [0.15, 0.2) is 61.1 Å². The van der Waals surface area contributed by atoms with Crippen molar-refractivity contribution in [3.63, 3.8) is 0 Å². The highest BCUT2D eigenvalue weighted by Crippen LogP contribution is 2.25. The van der Waals surface area contributed by atoms with Crippen LogP contribution in [0.5, 0.6) is 0 Å². The van der Waals surface area contributed by atoms with Gasteiger partial charge in [-0.25, -0.2) is 0 Å². The number of rotatable bonds is 5. The summed E-state index contributed by atoms with van der Waals surface area (Å²) < 4.78 is 0. The van der Waals surface area contributed by atoms with Gasteiger partial charge in [-0.15, -0.1) is 0 Å². The molecule has 3 rings (SSSR count). The molecular weight excluding hydrogens is 359 g/mol. The lowest BCUT2D eigenvalue weighted by Crippen LogP contribution is -2.14. The first-order valence-electron chi connectivity index (χ1n) is 7.47. The minimum Gasteiger partial charge on any atom is -0.381 e. The molecule has 2 heterocycles. The van der Waals surface area contributed by atoms with E-state index in [4.69, 9.17) is 23.2 Å². The van der Waals surface area contributed by atoms with E-state index in [2.05, 4.69) is 20.6 Å². The maximum absolute atomic E-state index is 12.4. The molecule has 0 radical (unpaired) electrons. The number of anilines is 2. The molecular formula is C18H14Cl2N4O. The summed E-state index contributed by atoms with van der Waals surface area (Å²) in [6.07, 6.45) is 5.05. The van der Waals surface area contributed by atoms with E-state index in [9.17, 15) is 4.79 Å². The summed E-state index contributed by atoms with van der Waals surface area (Å²) in [5.41, 5.74) is 2.64. The monoisotopic (exact) mass is 372 g/mol. The lowest BCUT2D eigenvalue weighted by Gasteiger charge is -2.09. The molecule has 0 aliphatic heterocycles. The van der Waals surface area contributed by atoms with Crippen LogP contribution in [0, 0.1) is 0 Å². The van der Waals surface area contributed by atoms with E-state index in [0.29, 0.717) is 22.3 Å². The largest absolute Gasteiger partial charge is 0.381 e. The third-order valence-corrected chi connectivity index (χ3v) is 3.97. The van der Waals surface area contributed by atoms with Gasteiger partial charge < -0.3 is 10.6 Å². The van der Waals surface area contributed by atoms with Crippen molar-refractivity contribution in [2.45, 2.75) is 6.54 Å². The zero-order valence-corrected chi connectivity index (χ0v) is 14.6. The van der Waals surface area contributed by atoms with Gasteiger partial charge in [0.25, 0.3) is 5.91 Å². The van der Waals surface area contributed by atoms with Crippen LogP contribution in [0.1, 0.15) is 16.1 Å². The van der Waals surface area contributed by atoms with Gasteiger partial charge in [0, 0.05) is 35.8 Å². The fourth-order valence-electron chi connectivity index (χ4n) is 2.15. The molecule has 0 aliphatic carbocycles. The van der Waals surface area contributed by atoms with Crippen LogP contribution in [0.4, 0.5) is 11.4 Å². The Bertz CT molecular complexity index is 887. The number of nitrogens with zero attached hydrogens (tertiary/aromatic N) is 2. The van der Waals surface area contributed by atoms with Crippen LogP contribution in [-0.2, 0) is 6.54 Å². The summed E-state index contributed by atoms with van der Waals surface area (Å²) in [6, 6.07) is 12.2. The molecule has 0 bridgehead atoms. The Kier molecular flexibility index (Phi) is 5.48. The van der Waals surface area contributed by atoms with Crippen molar-refractivity contribution in [3.05, 3.63) is 82.4 Å². The molecule has 0 saturated heterocycles. The summed E-state index contributed by atoms with van der Waals surface area (Å²) in [5, 5.41) is 6.85. The fraction of sp³-hybridized carbons (Fsp3) is 0.0556. The van der Waals surface area contributed by atoms with Gasteiger partial charge in [0.05, 0.1) is 10.7 Å². The van der Waals surface area contributed by atoms with Gasteiger partial charge in [-0.3, -0.25) is 14.8 Å². The van der Waals surface area contributed by atoms with E-state index in [1.54, 1.807) is 48.9 Å². The smallest absolute Gasteiger partial charge is 0.274 e. The maximum atomic E-state index is 12.4. The molecule has 25 heavy (non-hydrogen) atoms. The second-order valence-corrected chi connectivity index (χ2v) is 6.06. The van der Waals surface area contributed by atoms with Gasteiger partial charge >= 0.3 is 0 Å². The summed E-state index contributed by atoms with van der Waals surface area (Å²) >= 11 is 11.9. The zero-order valence-electron chi connectivity index (χ0n) is 13.0. The molecule has 7 heteroatoms. The van der Waals surface area contributed by atoms with Gasteiger partial charge in [0.1, 0.15) is 5.69 Å². The third-order valence-electron chi connectivity index (χ3n) is 3.42. The first kappa shape index (κ1) is 17.2. The Morgan fingerprint density at radius 3 is 2.56 bits per heavy atom. The van der Waals surface area contributed by atoms with Crippen molar-refractivity contribution >= 4 is 40.5 Å². The molecule has 1 amide bonds. The summed E-state index contributed by atoms with van der Waals surface area (Å²) in [7, 11) is 0. The molecule has 0 aliphatic rings. The second-order valence-electron chi connectivity index (χ2n) is 5.22. The van der Waals surface area contributed by atoms with Crippen molar-refractivity contribution in [2.24, 2.45) is 0 Å². The molecule has 2 N–H and O–H groups in total. The van der Waals surface area contributed by atoms with E-state index in [1.807, 2.05) is 12.1 Å². The Morgan fingerprint density at radius 2 is 1.80 bits per heavy atom. The highest BCUT2D eigenvalue weighted by Gasteiger charge is 2.11. The van der Waals surface area contributed by atoms with Crippen LogP contribution in [0.25, 0.3) is 0 Å². The van der Waals surface area contributed by atoms with E-state index in [1.165, 1.54) is 0 Å². The van der Waals surface area contributed by atoms with Crippen molar-refractivity contribution in [1.29, 1.82) is 0 Å². The lowest BCUT2D eigenvalue weighted by atomic mass is 10.2. The quantitative estimate of drug-likeness (QED) is 0.683. The van der Waals surface area contributed by atoms with E-state index < -0.39 is 0 Å². The lowest BCUT2D eigenvalue weighted by molar-refractivity contribution is 0.102. The van der Waals surface area contributed by atoms with Crippen LogP contribution in [0.2, 0.25) is 10.0 Å². The number of carbonyl (C=O) groups is 1. The van der Waals surface area contributed by atoms with E-state index in [0.717, 1.165) is 11.3 Å². The van der Waals surface area contributed by atoms with Crippen molar-refractivity contribution in [3.8, 4) is 0 Å². The predicted octanol–water partition coefficient (Wildman–Crippen LogP) is 4.65. The number of amides is 1. The molecule has 5 nitrogen and oxygen atoms in total. The van der Waals surface area contributed by atoms with Crippen LogP contribution >= 0.6 is 23.2 Å². The fourth-order valence-corrected chi connectivity index (χ4v) is 2.60. The summed E-state index contributed by atoms with van der Waals surface area (Å²) in [5.74, 6) is -0.350. The number of hydrogen-bond donors (Lipinski definition) is 2. The highest BCUT2D eigenvalue weighted by molar-refractivity contribution is 6.36. The number of benzene rings is 1. The predicted molar refractivity (Wildman–Crippen MR) is 100 cm³/mol. The normalized spacial score (nSPS) is 10.3. The molecule has 0 unspecified atom stereocenters. The van der Waals surface area contributed by atoms with Crippen LogP contribution in [-0.4, -0.2) is 15.9 Å². The van der Waals surface area contributed by atoms with Crippen molar-refractivity contribution in [2.75, 3.05) is 10.6 Å². The van der Waals surface area contributed by atoms with E-state index in [-0.39, 0.29) is 11.6 Å². The van der Waals surface area contributed by atoms with Gasteiger partial charge in [0.2, 0.25) is 0 Å². The first-order valence-corrected chi connectivity index (χ1v) is 8.22. The van der Waals surface area contributed by atoms with E-state index >= 15 is 0 Å². The maximum Gasteiger partial charge on any atom is 0.274 e.